The van der Waals surface area contributed by atoms with Crippen molar-refractivity contribution < 1.29 is 14.3 Å². The standard InChI is InChI=1S/C23H28BrN3O3/c1-17-6-8-18(9-7-17)16-30-23-20(24)12-19(13-21(23)29-2)14-25-26-22(28)15-27-10-4-3-5-11-27/h6-9,12-14H,3-5,10-11,15-16H2,1-2H3,(H,26,28)/b25-14-. The predicted octanol–water partition coefficient (Wildman–Crippen LogP) is 4.28. The molecular weight excluding hydrogens is 446 g/mol. The van der Waals surface area contributed by atoms with E-state index >= 15 is 0 Å². The fourth-order valence-corrected chi connectivity index (χ4v) is 3.90. The number of piperidine rings is 1. The van der Waals surface area contributed by atoms with E-state index in [1.54, 1.807) is 13.3 Å². The number of methoxy groups -OCH3 is 1. The fraction of sp³-hybridized carbons (Fsp3) is 0.391. The van der Waals surface area contributed by atoms with E-state index in [1.807, 2.05) is 24.3 Å². The van der Waals surface area contributed by atoms with Crippen LogP contribution in [0.2, 0.25) is 0 Å². The number of hydrogen-bond donors (Lipinski definition) is 1. The second-order valence-electron chi connectivity index (χ2n) is 7.44. The summed E-state index contributed by atoms with van der Waals surface area (Å²) in [6.45, 7) is 4.84. The molecule has 1 fully saturated rings. The summed E-state index contributed by atoms with van der Waals surface area (Å²) in [6, 6.07) is 11.9. The van der Waals surface area contributed by atoms with Crippen molar-refractivity contribution in [2.24, 2.45) is 5.10 Å². The number of nitrogens with zero attached hydrogens (tertiary/aromatic N) is 2. The van der Waals surface area contributed by atoms with Gasteiger partial charge in [-0.2, -0.15) is 5.10 Å². The van der Waals surface area contributed by atoms with Gasteiger partial charge in [0.2, 0.25) is 0 Å². The number of aryl methyl sites for hydroxylation is 1. The van der Waals surface area contributed by atoms with Crippen LogP contribution in [0.1, 0.15) is 36.0 Å². The van der Waals surface area contributed by atoms with Crippen LogP contribution in [0, 0.1) is 6.92 Å². The molecule has 0 aliphatic carbocycles. The second-order valence-corrected chi connectivity index (χ2v) is 8.29. The van der Waals surface area contributed by atoms with E-state index in [0.29, 0.717) is 24.7 Å². The molecule has 0 saturated carbocycles. The molecule has 160 valence electrons. The largest absolute Gasteiger partial charge is 0.493 e. The van der Waals surface area contributed by atoms with E-state index < -0.39 is 0 Å². The van der Waals surface area contributed by atoms with Crippen molar-refractivity contribution in [3.63, 3.8) is 0 Å². The number of ether oxygens (including phenoxy) is 2. The number of carbonyl (C=O) groups excluding carboxylic acids is 1. The number of nitrogens with one attached hydrogen (secondary N) is 1. The highest BCUT2D eigenvalue weighted by Crippen LogP contribution is 2.36. The maximum Gasteiger partial charge on any atom is 0.254 e. The van der Waals surface area contributed by atoms with Crippen LogP contribution in [0.3, 0.4) is 0 Å². The number of amides is 1. The van der Waals surface area contributed by atoms with Crippen LogP contribution in [-0.4, -0.2) is 43.8 Å². The third-order valence-corrected chi connectivity index (χ3v) is 5.56. The lowest BCUT2D eigenvalue weighted by Crippen LogP contribution is -2.38. The molecule has 0 atom stereocenters. The van der Waals surface area contributed by atoms with Gasteiger partial charge in [0.15, 0.2) is 11.5 Å². The van der Waals surface area contributed by atoms with E-state index in [2.05, 4.69) is 50.4 Å². The summed E-state index contributed by atoms with van der Waals surface area (Å²) in [4.78, 5) is 14.2. The smallest absolute Gasteiger partial charge is 0.254 e. The zero-order valence-corrected chi connectivity index (χ0v) is 19.1. The lowest BCUT2D eigenvalue weighted by molar-refractivity contribution is -0.122. The summed E-state index contributed by atoms with van der Waals surface area (Å²) >= 11 is 3.55. The lowest BCUT2D eigenvalue weighted by atomic mass is 10.1. The van der Waals surface area contributed by atoms with Crippen LogP contribution < -0.4 is 14.9 Å². The van der Waals surface area contributed by atoms with Gasteiger partial charge in [-0.05, 0) is 72.0 Å². The van der Waals surface area contributed by atoms with Gasteiger partial charge in [-0.25, -0.2) is 5.43 Å². The Bertz CT molecular complexity index is 878. The van der Waals surface area contributed by atoms with Gasteiger partial charge < -0.3 is 9.47 Å². The summed E-state index contributed by atoms with van der Waals surface area (Å²) < 4.78 is 12.2. The third kappa shape index (κ3) is 6.57. The zero-order valence-electron chi connectivity index (χ0n) is 17.5. The van der Waals surface area contributed by atoms with Gasteiger partial charge in [0, 0.05) is 0 Å². The molecule has 1 heterocycles. The molecule has 0 unspecified atom stereocenters. The Morgan fingerprint density at radius 2 is 1.93 bits per heavy atom. The van der Waals surface area contributed by atoms with E-state index in [9.17, 15) is 4.79 Å². The molecule has 0 radical (unpaired) electrons. The Kier molecular flexibility index (Phi) is 8.28. The van der Waals surface area contributed by atoms with E-state index in [-0.39, 0.29) is 5.91 Å². The summed E-state index contributed by atoms with van der Waals surface area (Å²) in [7, 11) is 1.60. The highest BCUT2D eigenvalue weighted by molar-refractivity contribution is 9.10. The fourth-order valence-electron chi connectivity index (χ4n) is 3.33. The monoisotopic (exact) mass is 473 g/mol. The minimum absolute atomic E-state index is 0.0998. The van der Waals surface area contributed by atoms with Crippen molar-refractivity contribution in [2.75, 3.05) is 26.7 Å². The summed E-state index contributed by atoms with van der Waals surface area (Å²) in [6.07, 6.45) is 5.16. The van der Waals surface area contributed by atoms with Crippen LogP contribution in [0.25, 0.3) is 0 Å². The summed E-state index contributed by atoms with van der Waals surface area (Å²) in [5.74, 6) is 1.12. The molecule has 0 aromatic heterocycles. The normalized spacial score (nSPS) is 14.6. The molecule has 1 amide bonds. The van der Waals surface area contributed by atoms with Crippen LogP contribution >= 0.6 is 15.9 Å². The Labute approximate surface area is 186 Å². The predicted molar refractivity (Wildman–Crippen MR) is 122 cm³/mol. The first kappa shape index (κ1) is 22.3. The van der Waals surface area contributed by atoms with E-state index in [1.165, 1.54) is 12.0 Å². The molecule has 7 heteroatoms. The molecule has 1 saturated heterocycles. The minimum Gasteiger partial charge on any atom is -0.493 e. The number of halogens is 1. The van der Waals surface area contributed by atoms with E-state index in [0.717, 1.165) is 41.5 Å². The van der Waals surface area contributed by atoms with Gasteiger partial charge in [-0.1, -0.05) is 36.2 Å². The average Bonchev–Trinajstić information content (AvgIpc) is 2.74. The molecule has 30 heavy (non-hydrogen) atoms. The topological polar surface area (TPSA) is 63.2 Å². The summed E-state index contributed by atoms with van der Waals surface area (Å²) in [5.41, 5.74) is 5.69. The first-order valence-electron chi connectivity index (χ1n) is 10.2. The van der Waals surface area contributed by atoms with Gasteiger partial charge in [-0.15, -0.1) is 0 Å². The molecule has 3 rings (SSSR count). The third-order valence-electron chi connectivity index (χ3n) is 4.97. The van der Waals surface area contributed by atoms with Crippen molar-refractivity contribution in [2.45, 2.75) is 32.8 Å². The number of rotatable bonds is 8. The Balaban J connectivity index is 1.59. The van der Waals surface area contributed by atoms with Crippen molar-refractivity contribution in [3.05, 3.63) is 57.6 Å². The van der Waals surface area contributed by atoms with E-state index in [4.69, 9.17) is 9.47 Å². The molecular formula is C23H28BrN3O3. The molecule has 6 nitrogen and oxygen atoms in total. The van der Waals surface area contributed by atoms with Crippen molar-refractivity contribution in [3.8, 4) is 11.5 Å². The van der Waals surface area contributed by atoms with Gasteiger partial charge >= 0.3 is 0 Å². The first-order chi connectivity index (χ1) is 14.5. The lowest BCUT2D eigenvalue weighted by Gasteiger charge is -2.25. The molecule has 0 bridgehead atoms. The van der Waals surface area contributed by atoms with Crippen LogP contribution in [0.5, 0.6) is 11.5 Å². The highest BCUT2D eigenvalue weighted by atomic mass is 79.9. The first-order valence-corrected chi connectivity index (χ1v) is 10.9. The minimum atomic E-state index is -0.0998. The van der Waals surface area contributed by atoms with Crippen LogP contribution in [0.15, 0.2) is 46.0 Å². The van der Waals surface area contributed by atoms with Crippen molar-refractivity contribution in [1.82, 2.24) is 10.3 Å². The number of hydrazone groups is 1. The van der Waals surface area contributed by atoms with Gasteiger partial charge in [0.05, 0.1) is 24.3 Å². The highest BCUT2D eigenvalue weighted by Gasteiger charge is 2.14. The molecule has 0 spiro atoms. The molecule has 2 aromatic rings. The number of likely N-dealkylation sites (tertiary alicyclic amines) is 1. The summed E-state index contributed by atoms with van der Waals surface area (Å²) in [5, 5.41) is 4.09. The number of carbonyl (C=O) groups is 1. The Hall–Kier alpha value is -2.38. The van der Waals surface area contributed by atoms with Crippen LogP contribution in [0.4, 0.5) is 0 Å². The van der Waals surface area contributed by atoms with Crippen LogP contribution in [-0.2, 0) is 11.4 Å². The molecule has 1 N–H and O–H groups in total. The Morgan fingerprint density at radius 1 is 1.20 bits per heavy atom. The maximum absolute atomic E-state index is 12.1. The molecule has 2 aromatic carbocycles. The second kappa shape index (κ2) is 11.1. The van der Waals surface area contributed by atoms with Gasteiger partial charge in [0.25, 0.3) is 5.91 Å². The quantitative estimate of drug-likeness (QED) is 0.458. The number of hydrogen-bond acceptors (Lipinski definition) is 5. The Morgan fingerprint density at radius 3 is 2.63 bits per heavy atom. The number of benzene rings is 2. The molecule has 1 aliphatic heterocycles. The van der Waals surface area contributed by atoms with Crippen molar-refractivity contribution >= 4 is 28.1 Å². The average molecular weight is 474 g/mol. The zero-order chi connectivity index (χ0) is 21.3. The SMILES string of the molecule is COc1cc(/C=N\NC(=O)CN2CCCCC2)cc(Br)c1OCc1ccc(C)cc1. The van der Waals surface area contributed by atoms with Gasteiger partial charge in [0.1, 0.15) is 6.61 Å². The van der Waals surface area contributed by atoms with Crippen molar-refractivity contribution in [1.29, 1.82) is 0 Å². The van der Waals surface area contributed by atoms with Gasteiger partial charge in [-0.3, -0.25) is 9.69 Å². The molecule has 1 aliphatic rings. The maximum atomic E-state index is 12.1.